The van der Waals surface area contributed by atoms with E-state index in [2.05, 4.69) is 25.5 Å². The first kappa shape index (κ1) is 17.3. The third-order valence-corrected chi connectivity index (χ3v) is 3.69. The number of benzene rings is 1. The van der Waals surface area contributed by atoms with Crippen LogP contribution in [0, 0.1) is 0 Å². The Morgan fingerprint density at radius 1 is 1.00 bits per heavy atom. The van der Waals surface area contributed by atoms with Crippen LogP contribution in [0.5, 0.6) is 11.5 Å². The van der Waals surface area contributed by atoms with E-state index in [0.29, 0.717) is 28.6 Å². The summed E-state index contributed by atoms with van der Waals surface area (Å²) in [6.07, 6.45) is 6.19. The highest BCUT2D eigenvalue weighted by Gasteiger charge is 2.19. The Kier molecular flexibility index (Phi) is 5.07. The number of aromatic nitrogens is 5. The first-order valence-corrected chi connectivity index (χ1v) is 7.84. The summed E-state index contributed by atoms with van der Waals surface area (Å²) in [6.45, 7) is 1.81. The molecule has 0 aliphatic heterocycles. The summed E-state index contributed by atoms with van der Waals surface area (Å²) >= 11 is 0. The van der Waals surface area contributed by atoms with E-state index in [0.717, 1.165) is 0 Å². The number of nitrogens with zero attached hydrogens (tertiary/aromatic N) is 5. The van der Waals surface area contributed by atoms with Crippen molar-refractivity contribution in [2.75, 3.05) is 14.2 Å². The minimum absolute atomic E-state index is 0.292. The van der Waals surface area contributed by atoms with E-state index < -0.39 is 6.04 Å². The highest BCUT2D eigenvalue weighted by molar-refractivity contribution is 5.95. The Balaban J connectivity index is 1.85. The summed E-state index contributed by atoms with van der Waals surface area (Å²) in [6, 6.07) is 4.55. The zero-order chi connectivity index (χ0) is 18.5. The van der Waals surface area contributed by atoms with Gasteiger partial charge in [-0.2, -0.15) is 10.2 Å². The highest BCUT2D eigenvalue weighted by Crippen LogP contribution is 2.23. The average Bonchev–Trinajstić information content (AvgIpc) is 3.22. The zero-order valence-electron chi connectivity index (χ0n) is 14.6. The van der Waals surface area contributed by atoms with Gasteiger partial charge in [0.15, 0.2) is 5.82 Å². The fraction of sp³-hybridized carbons (Fsp3) is 0.235. The maximum absolute atomic E-state index is 12.7. The predicted molar refractivity (Wildman–Crippen MR) is 92.4 cm³/mol. The van der Waals surface area contributed by atoms with Crippen LogP contribution in [-0.2, 0) is 0 Å². The van der Waals surface area contributed by atoms with Gasteiger partial charge in [0.2, 0.25) is 0 Å². The van der Waals surface area contributed by atoms with Crippen LogP contribution in [0.25, 0.3) is 5.82 Å². The number of rotatable bonds is 6. The third-order valence-electron chi connectivity index (χ3n) is 3.69. The predicted octanol–water partition coefficient (Wildman–Crippen LogP) is 1.57. The summed E-state index contributed by atoms with van der Waals surface area (Å²) < 4.78 is 10.4. The normalized spacial score (nSPS) is 11.7. The molecule has 9 heteroatoms. The molecule has 0 fully saturated rings. The minimum Gasteiger partial charge on any atom is -0.497 e. The standard InChI is InChI=1S/C17H18N6O3/c1-11(15-16(19-5-4-18-15)23-20-6-7-21-23)22-17(24)12-8-13(25-2)10-14(9-12)26-3/h4-11H,1-3H3,(H,22,24). The van der Waals surface area contributed by atoms with Crippen LogP contribution < -0.4 is 14.8 Å². The van der Waals surface area contributed by atoms with Gasteiger partial charge in [-0.3, -0.25) is 9.78 Å². The highest BCUT2D eigenvalue weighted by atomic mass is 16.5. The molecular formula is C17H18N6O3. The van der Waals surface area contributed by atoms with E-state index in [1.54, 1.807) is 43.0 Å². The number of amides is 1. The Morgan fingerprint density at radius 3 is 2.23 bits per heavy atom. The number of nitrogens with one attached hydrogen (secondary N) is 1. The van der Waals surface area contributed by atoms with E-state index in [4.69, 9.17) is 9.47 Å². The van der Waals surface area contributed by atoms with Gasteiger partial charge in [0.1, 0.15) is 17.2 Å². The molecule has 1 amide bonds. The topological polar surface area (TPSA) is 104 Å². The summed E-state index contributed by atoms with van der Waals surface area (Å²) in [7, 11) is 3.06. The second kappa shape index (κ2) is 7.60. The molecule has 0 bridgehead atoms. The fourth-order valence-electron chi connectivity index (χ4n) is 2.41. The lowest BCUT2D eigenvalue weighted by Gasteiger charge is -2.16. The lowest BCUT2D eigenvalue weighted by atomic mass is 10.1. The van der Waals surface area contributed by atoms with Crippen molar-refractivity contribution in [3.05, 3.63) is 54.2 Å². The maximum Gasteiger partial charge on any atom is 0.252 e. The molecule has 1 atom stereocenters. The van der Waals surface area contributed by atoms with Gasteiger partial charge in [-0.05, 0) is 19.1 Å². The number of hydrogen-bond donors (Lipinski definition) is 1. The SMILES string of the molecule is COc1cc(OC)cc(C(=O)NC(C)c2nccnc2-n2nccn2)c1. The largest absolute Gasteiger partial charge is 0.497 e. The molecule has 9 nitrogen and oxygen atoms in total. The molecule has 3 aromatic rings. The Bertz CT molecular complexity index is 875. The number of ether oxygens (including phenoxy) is 2. The lowest BCUT2D eigenvalue weighted by Crippen LogP contribution is -2.28. The quantitative estimate of drug-likeness (QED) is 0.716. The molecule has 1 aromatic carbocycles. The Labute approximate surface area is 150 Å². The van der Waals surface area contributed by atoms with E-state index in [-0.39, 0.29) is 5.91 Å². The molecule has 1 N–H and O–H groups in total. The van der Waals surface area contributed by atoms with Gasteiger partial charge >= 0.3 is 0 Å². The summed E-state index contributed by atoms with van der Waals surface area (Å²) in [5.41, 5.74) is 0.961. The van der Waals surface area contributed by atoms with Crippen molar-refractivity contribution in [2.45, 2.75) is 13.0 Å². The molecule has 0 aliphatic rings. The second-order valence-electron chi connectivity index (χ2n) is 5.38. The van der Waals surface area contributed by atoms with Crippen molar-refractivity contribution >= 4 is 5.91 Å². The molecule has 2 aromatic heterocycles. The maximum atomic E-state index is 12.7. The van der Waals surface area contributed by atoms with Gasteiger partial charge in [-0.25, -0.2) is 4.98 Å². The lowest BCUT2D eigenvalue weighted by molar-refractivity contribution is 0.0938. The van der Waals surface area contributed by atoms with Crippen LogP contribution in [0.1, 0.15) is 29.0 Å². The van der Waals surface area contributed by atoms with Crippen LogP contribution in [0.2, 0.25) is 0 Å². The van der Waals surface area contributed by atoms with Gasteiger partial charge in [0.05, 0.1) is 32.7 Å². The van der Waals surface area contributed by atoms with E-state index in [1.807, 2.05) is 6.92 Å². The molecule has 3 rings (SSSR count). The molecule has 0 aliphatic carbocycles. The van der Waals surface area contributed by atoms with Crippen LogP contribution in [0.15, 0.2) is 43.0 Å². The van der Waals surface area contributed by atoms with E-state index in [1.165, 1.54) is 19.0 Å². The molecule has 0 saturated carbocycles. The van der Waals surface area contributed by atoms with Crippen molar-refractivity contribution in [1.29, 1.82) is 0 Å². The second-order valence-corrected chi connectivity index (χ2v) is 5.38. The van der Waals surface area contributed by atoms with Crippen LogP contribution in [0.4, 0.5) is 0 Å². The van der Waals surface area contributed by atoms with Crippen molar-refractivity contribution < 1.29 is 14.3 Å². The Hall–Kier alpha value is -3.49. The van der Waals surface area contributed by atoms with Crippen molar-refractivity contribution in [3.63, 3.8) is 0 Å². The van der Waals surface area contributed by atoms with Crippen molar-refractivity contribution in [3.8, 4) is 17.3 Å². The van der Waals surface area contributed by atoms with Gasteiger partial charge in [-0.1, -0.05) is 0 Å². The molecule has 26 heavy (non-hydrogen) atoms. The van der Waals surface area contributed by atoms with Crippen molar-refractivity contribution in [1.82, 2.24) is 30.3 Å². The Morgan fingerprint density at radius 2 is 1.62 bits per heavy atom. The monoisotopic (exact) mass is 354 g/mol. The molecule has 134 valence electrons. The van der Waals surface area contributed by atoms with Crippen LogP contribution in [0.3, 0.4) is 0 Å². The molecule has 0 radical (unpaired) electrons. The zero-order valence-corrected chi connectivity index (χ0v) is 14.6. The number of methoxy groups -OCH3 is 2. The smallest absolute Gasteiger partial charge is 0.252 e. The first-order valence-electron chi connectivity index (χ1n) is 7.84. The van der Waals surface area contributed by atoms with E-state index >= 15 is 0 Å². The number of carbonyl (C=O) groups is 1. The fourth-order valence-corrected chi connectivity index (χ4v) is 2.41. The minimum atomic E-state index is -0.422. The van der Waals surface area contributed by atoms with Gasteiger partial charge < -0.3 is 14.8 Å². The molecular weight excluding hydrogens is 336 g/mol. The first-order chi connectivity index (χ1) is 12.6. The molecule has 1 unspecified atom stereocenters. The molecule has 0 saturated heterocycles. The van der Waals surface area contributed by atoms with Crippen molar-refractivity contribution in [2.24, 2.45) is 0 Å². The summed E-state index contributed by atoms with van der Waals surface area (Å²) in [5, 5.41) is 11.0. The van der Waals surface area contributed by atoms with Crippen LogP contribution >= 0.6 is 0 Å². The molecule has 0 spiro atoms. The van der Waals surface area contributed by atoms with Gasteiger partial charge in [0.25, 0.3) is 5.91 Å². The third kappa shape index (κ3) is 3.61. The summed E-state index contributed by atoms with van der Waals surface area (Å²) in [4.78, 5) is 22.6. The number of carbonyl (C=O) groups excluding carboxylic acids is 1. The molecule has 2 heterocycles. The summed E-state index contributed by atoms with van der Waals surface area (Å²) in [5.74, 6) is 1.22. The van der Waals surface area contributed by atoms with Gasteiger partial charge in [-0.15, -0.1) is 4.80 Å². The van der Waals surface area contributed by atoms with E-state index in [9.17, 15) is 4.79 Å². The van der Waals surface area contributed by atoms with Crippen LogP contribution in [-0.4, -0.2) is 45.1 Å². The van der Waals surface area contributed by atoms with Gasteiger partial charge in [0, 0.05) is 24.0 Å². The number of hydrogen-bond acceptors (Lipinski definition) is 7. The average molecular weight is 354 g/mol.